The second-order valence-corrected chi connectivity index (χ2v) is 5.23. The number of ether oxygens (including phenoxy) is 1. The van der Waals surface area contributed by atoms with Gasteiger partial charge in [0, 0.05) is 20.7 Å². The van der Waals surface area contributed by atoms with Gasteiger partial charge in [0.05, 0.1) is 7.11 Å². The minimum atomic E-state index is -0.236. The molecule has 0 aliphatic rings. The zero-order valence-corrected chi connectivity index (χ0v) is 12.3. The maximum atomic E-state index is 11.3. The highest BCUT2D eigenvalue weighted by atomic mass is 79.9. The van der Waals surface area contributed by atoms with Crippen LogP contribution in [0.2, 0.25) is 0 Å². The number of carbonyl (C=O) groups is 1. The molecule has 0 atom stereocenters. The van der Waals surface area contributed by atoms with Gasteiger partial charge >= 0.3 is 5.97 Å². The van der Waals surface area contributed by atoms with Crippen LogP contribution in [0.25, 0.3) is 0 Å². The molecule has 0 aromatic heterocycles. The van der Waals surface area contributed by atoms with Gasteiger partial charge in [-0.3, -0.25) is 0 Å². The molecule has 0 radical (unpaired) electrons. The van der Waals surface area contributed by atoms with Crippen LogP contribution in [-0.4, -0.2) is 18.8 Å². The van der Waals surface area contributed by atoms with Crippen molar-refractivity contribution in [1.82, 2.24) is 0 Å². The van der Waals surface area contributed by atoms with E-state index < -0.39 is 0 Å². The van der Waals surface area contributed by atoms with E-state index in [1.807, 2.05) is 37.3 Å². The van der Waals surface area contributed by atoms with Crippen molar-refractivity contribution in [3.63, 3.8) is 0 Å². The van der Waals surface area contributed by atoms with Crippen molar-refractivity contribution in [3.8, 4) is 0 Å². The van der Waals surface area contributed by atoms with Crippen LogP contribution in [0.3, 0.4) is 0 Å². The molecule has 0 N–H and O–H groups in total. The number of thioether (sulfide) groups is 1. The predicted octanol–water partition coefficient (Wildman–Crippen LogP) is 4.05. The Morgan fingerprint density at radius 2 is 2.18 bits per heavy atom. The van der Waals surface area contributed by atoms with E-state index in [9.17, 15) is 4.79 Å². The fourth-order valence-electron chi connectivity index (χ4n) is 1.30. The first kappa shape index (κ1) is 14.3. The molecule has 0 spiro atoms. The second kappa shape index (κ2) is 7.56. The van der Waals surface area contributed by atoms with E-state index in [-0.39, 0.29) is 5.97 Å². The summed E-state index contributed by atoms with van der Waals surface area (Å²) in [5.41, 5.74) is 0.729. The minimum absolute atomic E-state index is 0.236. The highest BCUT2D eigenvalue weighted by molar-refractivity contribution is 9.10. The van der Waals surface area contributed by atoms with Crippen molar-refractivity contribution < 1.29 is 9.53 Å². The summed E-state index contributed by atoms with van der Waals surface area (Å²) in [6.07, 6.45) is 2.62. The third-order valence-electron chi connectivity index (χ3n) is 2.23. The second-order valence-electron chi connectivity index (χ2n) is 3.32. The Bertz CT molecular complexity index is 416. The summed E-state index contributed by atoms with van der Waals surface area (Å²) in [6, 6.07) is 8.03. The van der Waals surface area contributed by atoms with E-state index in [2.05, 4.69) is 15.9 Å². The molecule has 0 fully saturated rings. The predicted molar refractivity (Wildman–Crippen MR) is 75.3 cm³/mol. The summed E-state index contributed by atoms with van der Waals surface area (Å²) in [5.74, 6) is 0.529. The molecule has 1 aromatic rings. The van der Waals surface area contributed by atoms with Crippen molar-refractivity contribution in [2.45, 2.75) is 18.2 Å². The van der Waals surface area contributed by atoms with E-state index in [1.54, 1.807) is 11.8 Å². The molecular formula is C13H15BrO2S. The number of hydrogen-bond acceptors (Lipinski definition) is 3. The molecule has 0 bridgehead atoms. The van der Waals surface area contributed by atoms with Crippen LogP contribution < -0.4 is 0 Å². The molecule has 1 aromatic carbocycles. The summed E-state index contributed by atoms with van der Waals surface area (Å²) >= 11 is 5.18. The van der Waals surface area contributed by atoms with Gasteiger partial charge in [0.25, 0.3) is 0 Å². The summed E-state index contributed by atoms with van der Waals surface area (Å²) in [5, 5.41) is 0. The average Bonchev–Trinajstić information content (AvgIpc) is 2.36. The number of benzene rings is 1. The van der Waals surface area contributed by atoms with E-state index in [4.69, 9.17) is 4.74 Å². The Hall–Kier alpha value is -0.740. The first-order chi connectivity index (χ1) is 8.19. The van der Waals surface area contributed by atoms with Gasteiger partial charge in [-0.05, 0) is 34.5 Å². The zero-order chi connectivity index (χ0) is 12.7. The largest absolute Gasteiger partial charge is 0.466 e. The van der Waals surface area contributed by atoms with Gasteiger partial charge in [-0.2, -0.15) is 0 Å². The SMILES string of the molecule is CCC(=CCSc1ccccc1Br)C(=O)OC. The quantitative estimate of drug-likeness (QED) is 0.466. The molecule has 1 rings (SSSR count). The summed E-state index contributed by atoms with van der Waals surface area (Å²) in [6.45, 7) is 1.95. The molecule has 2 nitrogen and oxygen atoms in total. The maximum absolute atomic E-state index is 11.3. The fraction of sp³-hybridized carbons (Fsp3) is 0.308. The van der Waals surface area contributed by atoms with E-state index in [0.29, 0.717) is 6.42 Å². The van der Waals surface area contributed by atoms with Crippen LogP contribution in [0.5, 0.6) is 0 Å². The lowest BCUT2D eigenvalue weighted by atomic mass is 10.2. The Kier molecular flexibility index (Phi) is 6.37. The van der Waals surface area contributed by atoms with Gasteiger partial charge in [0.15, 0.2) is 0 Å². The van der Waals surface area contributed by atoms with E-state index in [1.165, 1.54) is 12.0 Å². The minimum Gasteiger partial charge on any atom is -0.466 e. The standard InChI is InChI=1S/C13H15BrO2S/c1-3-10(13(15)16-2)8-9-17-12-7-5-4-6-11(12)14/h4-8H,3,9H2,1-2H3. The normalized spacial score (nSPS) is 11.4. The van der Waals surface area contributed by atoms with Gasteiger partial charge < -0.3 is 4.74 Å². The zero-order valence-electron chi connectivity index (χ0n) is 9.90. The highest BCUT2D eigenvalue weighted by Gasteiger charge is 2.06. The molecule has 0 heterocycles. The Labute approximate surface area is 115 Å². The topological polar surface area (TPSA) is 26.3 Å². The molecule has 17 heavy (non-hydrogen) atoms. The Balaban J connectivity index is 2.59. The Morgan fingerprint density at radius 1 is 1.47 bits per heavy atom. The molecule has 0 aliphatic heterocycles. The van der Waals surface area contributed by atoms with Gasteiger partial charge in [-0.15, -0.1) is 11.8 Å². The van der Waals surface area contributed by atoms with Crippen molar-refractivity contribution >= 4 is 33.7 Å². The average molecular weight is 315 g/mol. The lowest BCUT2D eigenvalue weighted by molar-refractivity contribution is -0.136. The highest BCUT2D eigenvalue weighted by Crippen LogP contribution is 2.27. The molecule has 0 aliphatic carbocycles. The van der Waals surface area contributed by atoms with Crippen molar-refractivity contribution in [3.05, 3.63) is 40.4 Å². The summed E-state index contributed by atoms with van der Waals surface area (Å²) in [4.78, 5) is 12.5. The van der Waals surface area contributed by atoms with Gasteiger partial charge in [-0.1, -0.05) is 25.1 Å². The molecular weight excluding hydrogens is 300 g/mol. The summed E-state index contributed by atoms with van der Waals surface area (Å²) in [7, 11) is 1.41. The number of esters is 1. The lowest BCUT2D eigenvalue weighted by Gasteiger charge is -2.03. The third-order valence-corrected chi connectivity index (χ3v) is 4.19. The molecule has 4 heteroatoms. The number of hydrogen-bond donors (Lipinski definition) is 0. The molecule has 0 amide bonds. The molecule has 0 unspecified atom stereocenters. The number of halogens is 1. The van der Waals surface area contributed by atoms with Crippen molar-refractivity contribution in [2.24, 2.45) is 0 Å². The van der Waals surface area contributed by atoms with Gasteiger partial charge in [0.2, 0.25) is 0 Å². The van der Waals surface area contributed by atoms with Crippen LogP contribution in [-0.2, 0) is 9.53 Å². The van der Waals surface area contributed by atoms with Crippen LogP contribution >= 0.6 is 27.7 Å². The van der Waals surface area contributed by atoms with Gasteiger partial charge in [0.1, 0.15) is 0 Å². The van der Waals surface area contributed by atoms with E-state index in [0.717, 1.165) is 15.8 Å². The lowest BCUT2D eigenvalue weighted by Crippen LogP contribution is -2.04. The number of rotatable bonds is 5. The molecule has 92 valence electrons. The maximum Gasteiger partial charge on any atom is 0.333 e. The molecule has 0 saturated carbocycles. The van der Waals surface area contributed by atoms with Gasteiger partial charge in [-0.25, -0.2) is 4.79 Å². The van der Waals surface area contributed by atoms with Crippen LogP contribution in [0.15, 0.2) is 45.3 Å². The smallest absolute Gasteiger partial charge is 0.333 e. The molecule has 0 saturated heterocycles. The first-order valence-corrected chi connectivity index (χ1v) is 7.11. The fourth-order valence-corrected chi connectivity index (χ4v) is 2.77. The number of carbonyl (C=O) groups excluding carboxylic acids is 1. The summed E-state index contributed by atoms with van der Waals surface area (Å²) < 4.78 is 5.78. The first-order valence-electron chi connectivity index (χ1n) is 5.33. The number of methoxy groups -OCH3 is 1. The monoisotopic (exact) mass is 314 g/mol. The van der Waals surface area contributed by atoms with E-state index >= 15 is 0 Å². The van der Waals surface area contributed by atoms with Crippen LogP contribution in [0, 0.1) is 0 Å². The Morgan fingerprint density at radius 3 is 2.76 bits per heavy atom. The third kappa shape index (κ3) is 4.56. The van der Waals surface area contributed by atoms with Crippen LogP contribution in [0.1, 0.15) is 13.3 Å². The van der Waals surface area contributed by atoms with Crippen molar-refractivity contribution in [1.29, 1.82) is 0 Å². The van der Waals surface area contributed by atoms with Crippen LogP contribution in [0.4, 0.5) is 0 Å². The van der Waals surface area contributed by atoms with Crippen molar-refractivity contribution in [2.75, 3.05) is 12.9 Å².